The van der Waals surface area contributed by atoms with Crippen LogP contribution >= 0.6 is 0 Å². The number of amides is 1. The average molecular weight is 275 g/mol. The summed E-state index contributed by atoms with van der Waals surface area (Å²) in [5, 5.41) is 11.6. The van der Waals surface area contributed by atoms with Gasteiger partial charge in [-0.15, -0.1) is 0 Å². The van der Waals surface area contributed by atoms with Crippen LogP contribution in [0.4, 0.5) is 0 Å². The van der Waals surface area contributed by atoms with Gasteiger partial charge in [-0.3, -0.25) is 4.79 Å². The molecule has 1 aromatic carbocycles. The van der Waals surface area contributed by atoms with Gasteiger partial charge >= 0.3 is 0 Å². The van der Waals surface area contributed by atoms with E-state index in [0.29, 0.717) is 17.0 Å². The molecule has 3 N–H and O–H groups in total. The molecule has 5 nitrogen and oxygen atoms in total. The van der Waals surface area contributed by atoms with Crippen molar-refractivity contribution in [1.29, 1.82) is 0 Å². The van der Waals surface area contributed by atoms with Crippen molar-refractivity contribution < 1.29 is 10.0 Å². The van der Waals surface area contributed by atoms with Gasteiger partial charge in [-0.1, -0.05) is 30.6 Å². The van der Waals surface area contributed by atoms with E-state index in [1.54, 1.807) is 24.3 Å². The number of carbonyl (C=O) groups excluding carboxylic acids is 1. The van der Waals surface area contributed by atoms with Crippen LogP contribution in [0.15, 0.2) is 29.4 Å². The molecule has 20 heavy (non-hydrogen) atoms. The zero-order valence-electron chi connectivity index (χ0n) is 11.7. The van der Waals surface area contributed by atoms with Crippen LogP contribution in [0.1, 0.15) is 42.1 Å². The van der Waals surface area contributed by atoms with Gasteiger partial charge in [0, 0.05) is 24.2 Å². The number of nitrogens with two attached hydrogens (primary N) is 1. The molecule has 1 atom stereocenters. The van der Waals surface area contributed by atoms with E-state index < -0.39 is 0 Å². The Morgan fingerprint density at radius 1 is 1.40 bits per heavy atom. The first-order chi connectivity index (χ1) is 9.65. The summed E-state index contributed by atoms with van der Waals surface area (Å²) < 4.78 is 0. The summed E-state index contributed by atoms with van der Waals surface area (Å²) in [7, 11) is 0. The number of piperidine rings is 1. The van der Waals surface area contributed by atoms with Crippen molar-refractivity contribution in [3.05, 3.63) is 35.4 Å². The fourth-order valence-electron chi connectivity index (χ4n) is 2.61. The van der Waals surface area contributed by atoms with Crippen LogP contribution in [0.2, 0.25) is 0 Å². The molecule has 0 radical (unpaired) electrons. The fourth-order valence-corrected chi connectivity index (χ4v) is 2.61. The second-order valence-electron chi connectivity index (χ2n) is 5.23. The van der Waals surface area contributed by atoms with Gasteiger partial charge in [-0.2, -0.15) is 0 Å². The maximum atomic E-state index is 12.4. The van der Waals surface area contributed by atoms with Gasteiger partial charge in [0.25, 0.3) is 5.91 Å². The molecule has 1 amide bonds. The first kappa shape index (κ1) is 14.4. The molecule has 1 aliphatic rings. The molecule has 0 aliphatic carbocycles. The quantitative estimate of drug-likeness (QED) is 0.383. The summed E-state index contributed by atoms with van der Waals surface area (Å²) in [5.41, 5.74) is 6.76. The standard InChI is InChI=1S/C15H21N3O2/c1-2-11-4-3-9-18(10-11)15(19)13-7-5-12(6-8-13)14(16)17-20/h5-8,11,20H,2-4,9-10H2,1H3,(H2,16,17). The smallest absolute Gasteiger partial charge is 0.253 e. The minimum Gasteiger partial charge on any atom is -0.409 e. The van der Waals surface area contributed by atoms with Crippen LogP contribution in [0, 0.1) is 5.92 Å². The Balaban J connectivity index is 2.09. The predicted octanol–water partition coefficient (Wildman–Crippen LogP) is 2.04. The largest absolute Gasteiger partial charge is 0.409 e. The molecule has 1 fully saturated rings. The van der Waals surface area contributed by atoms with Crippen LogP contribution in [0.5, 0.6) is 0 Å². The van der Waals surface area contributed by atoms with Crippen molar-refractivity contribution >= 4 is 11.7 Å². The van der Waals surface area contributed by atoms with Gasteiger partial charge in [-0.25, -0.2) is 0 Å². The normalized spacial score (nSPS) is 19.9. The molecule has 0 saturated carbocycles. The summed E-state index contributed by atoms with van der Waals surface area (Å²) in [6, 6.07) is 6.85. The number of benzene rings is 1. The maximum absolute atomic E-state index is 12.4. The van der Waals surface area contributed by atoms with Crippen LogP contribution in [-0.4, -0.2) is 34.9 Å². The Morgan fingerprint density at radius 2 is 2.05 bits per heavy atom. The number of hydrogen-bond donors (Lipinski definition) is 2. The maximum Gasteiger partial charge on any atom is 0.253 e. The molecule has 0 aromatic heterocycles. The molecule has 1 heterocycles. The SMILES string of the molecule is CCC1CCCN(C(=O)c2ccc(/C(N)=N/O)cc2)C1. The Bertz CT molecular complexity index is 496. The molecule has 0 bridgehead atoms. The third kappa shape index (κ3) is 3.10. The van der Waals surface area contributed by atoms with Crippen LogP contribution in [0.3, 0.4) is 0 Å². The number of hydrogen-bond acceptors (Lipinski definition) is 3. The lowest BCUT2D eigenvalue weighted by Gasteiger charge is -2.32. The highest BCUT2D eigenvalue weighted by Crippen LogP contribution is 2.21. The topological polar surface area (TPSA) is 78.9 Å². The average Bonchev–Trinajstić information content (AvgIpc) is 2.53. The lowest BCUT2D eigenvalue weighted by molar-refractivity contribution is 0.0671. The molecule has 108 valence electrons. The lowest BCUT2D eigenvalue weighted by Crippen LogP contribution is -2.39. The second-order valence-corrected chi connectivity index (χ2v) is 5.23. The molecule has 1 saturated heterocycles. The van der Waals surface area contributed by atoms with Crippen molar-refractivity contribution in [3.63, 3.8) is 0 Å². The Morgan fingerprint density at radius 3 is 2.65 bits per heavy atom. The lowest BCUT2D eigenvalue weighted by atomic mass is 9.95. The van der Waals surface area contributed by atoms with Crippen LogP contribution < -0.4 is 5.73 Å². The highest BCUT2D eigenvalue weighted by atomic mass is 16.4. The van der Waals surface area contributed by atoms with Crippen LogP contribution in [-0.2, 0) is 0 Å². The van der Waals surface area contributed by atoms with Crippen LogP contribution in [0.25, 0.3) is 0 Å². The summed E-state index contributed by atoms with van der Waals surface area (Å²) in [6.07, 6.45) is 3.40. The van der Waals surface area contributed by atoms with E-state index in [2.05, 4.69) is 12.1 Å². The summed E-state index contributed by atoms with van der Waals surface area (Å²) >= 11 is 0. The fraction of sp³-hybridized carbons (Fsp3) is 0.467. The molecule has 1 unspecified atom stereocenters. The van der Waals surface area contributed by atoms with Crippen molar-refractivity contribution in [2.24, 2.45) is 16.8 Å². The summed E-state index contributed by atoms with van der Waals surface area (Å²) in [6.45, 7) is 3.85. The molecule has 5 heteroatoms. The third-order valence-electron chi connectivity index (χ3n) is 3.92. The minimum atomic E-state index is 0.0491. The highest BCUT2D eigenvalue weighted by Gasteiger charge is 2.23. The van der Waals surface area contributed by atoms with E-state index in [-0.39, 0.29) is 11.7 Å². The molecule has 0 spiro atoms. The van der Waals surface area contributed by atoms with Gasteiger partial charge in [0.05, 0.1) is 0 Å². The number of oxime groups is 1. The van der Waals surface area contributed by atoms with Gasteiger partial charge in [-0.05, 0) is 30.9 Å². The highest BCUT2D eigenvalue weighted by molar-refractivity contribution is 5.99. The van der Waals surface area contributed by atoms with Crippen molar-refractivity contribution in [3.8, 4) is 0 Å². The van der Waals surface area contributed by atoms with E-state index >= 15 is 0 Å². The van der Waals surface area contributed by atoms with E-state index in [0.717, 1.165) is 25.9 Å². The monoisotopic (exact) mass is 275 g/mol. The van der Waals surface area contributed by atoms with E-state index in [9.17, 15) is 4.79 Å². The number of nitrogens with zero attached hydrogens (tertiary/aromatic N) is 2. The van der Waals surface area contributed by atoms with E-state index in [1.165, 1.54) is 6.42 Å². The molecule has 2 rings (SSSR count). The first-order valence-electron chi connectivity index (χ1n) is 7.03. The van der Waals surface area contributed by atoms with Gasteiger partial charge in [0.2, 0.25) is 0 Å². The number of carbonyl (C=O) groups is 1. The van der Waals surface area contributed by atoms with E-state index in [1.807, 2.05) is 4.90 Å². The van der Waals surface area contributed by atoms with Gasteiger partial charge in [0.1, 0.15) is 0 Å². The predicted molar refractivity (Wildman–Crippen MR) is 77.9 cm³/mol. The summed E-state index contributed by atoms with van der Waals surface area (Å²) in [5.74, 6) is 0.728. The van der Waals surface area contributed by atoms with Crippen molar-refractivity contribution in [2.45, 2.75) is 26.2 Å². The zero-order chi connectivity index (χ0) is 14.5. The Labute approximate surface area is 119 Å². The first-order valence-corrected chi connectivity index (χ1v) is 7.03. The van der Waals surface area contributed by atoms with E-state index in [4.69, 9.17) is 10.9 Å². The minimum absolute atomic E-state index is 0.0491. The number of amidine groups is 1. The van der Waals surface area contributed by atoms with Crippen molar-refractivity contribution in [1.82, 2.24) is 4.90 Å². The third-order valence-corrected chi connectivity index (χ3v) is 3.92. The number of rotatable bonds is 3. The number of likely N-dealkylation sites (tertiary alicyclic amines) is 1. The molecule has 1 aliphatic heterocycles. The van der Waals surface area contributed by atoms with Gasteiger partial charge in [0.15, 0.2) is 5.84 Å². The Kier molecular flexibility index (Phi) is 4.61. The molecular weight excluding hydrogens is 254 g/mol. The zero-order valence-corrected chi connectivity index (χ0v) is 11.7. The Hall–Kier alpha value is -2.04. The van der Waals surface area contributed by atoms with Crippen molar-refractivity contribution in [2.75, 3.05) is 13.1 Å². The molecule has 1 aromatic rings. The summed E-state index contributed by atoms with van der Waals surface area (Å²) in [4.78, 5) is 14.4. The molecular formula is C15H21N3O2. The second kappa shape index (κ2) is 6.41. The van der Waals surface area contributed by atoms with Gasteiger partial charge < -0.3 is 15.8 Å².